The second kappa shape index (κ2) is 10.1. The Morgan fingerprint density at radius 1 is 0.844 bits per heavy atom. The number of carbonyl (C=O) groups is 1. The van der Waals surface area contributed by atoms with Gasteiger partial charge in [-0.3, -0.25) is 4.79 Å². The zero-order valence-electron chi connectivity index (χ0n) is 18.3. The molecule has 1 heterocycles. The Hall–Kier alpha value is -3.67. The summed E-state index contributed by atoms with van der Waals surface area (Å²) in [6.45, 7) is 0.241. The third kappa shape index (κ3) is 5.52. The fourth-order valence-corrected chi connectivity index (χ4v) is 3.82. The highest BCUT2D eigenvalue weighted by atomic mass is 16.7. The molecular formula is C26H27NO5. The molecule has 6 nitrogen and oxygen atoms in total. The van der Waals surface area contributed by atoms with Crippen molar-refractivity contribution in [3.8, 4) is 23.0 Å². The SMILES string of the molecule is COc1ccc(CC(Cc2ccc3c(c2)OCO3)NC(=O)Cc2cccc(OC)c2)cc1. The first-order chi connectivity index (χ1) is 15.6. The lowest BCUT2D eigenvalue weighted by Gasteiger charge is -2.20. The van der Waals surface area contributed by atoms with Crippen LogP contribution >= 0.6 is 0 Å². The zero-order valence-corrected chi connectivity index (χ0v) is 18.3. The van der Waals surface area contributed by atoms with Gasteiger partial charge in [0, 0.05) is 6.04 Å². The van der Waals surface area contributed by atoms with Crippen LogP contribution in [0.5, 0.6) is 23.0 Å². The first-order valence-corrected chi connectivity index (χ1v) is 10.6. The van der Waals surface area contributed by atoms with Gasteiger partial charge in [-0.15, -0.1) is 0 Å². The Balaban J connectivity index is 1.48. The molecule has 1 amide bonds. The van der Waals surface area contributed by atoms with Crippen molar-refractivity contribution in [1.82, 2.24) is 5.32 Å². The highest BCUT2D eigenvalue weighted by Crippen LogP contribution is 2.33. The Labute approximate surface area is 188 Å². The first-order valence-electron chi connectivity index (χ1n) is 10.6. The Morgan fingerprint density at radius 3 is 2.34 bits per heavy atom. The minimum Gasteiger partial charge on any atom is -0.497 e. The fraction of sp³-hybridized carbons (Fsp3) is 0.269. The summed E-state index contributed by atoms with van der Waals surface area (Å²) in [6.07, 6.45) is 1.66. The number of rotatable bonds is 9. The molecule has 4 rings (SSSR count). The van der Waals surface area contributed by atoms with Crippen LogP contribution in [-0.2, 0) is 24.1 Å². The van der Waals surface area contributed by atoms with E-state index < -0.39 is 0 Å². The molecule has 166 valence electrons. The second-order valence-electron chi connectivity index (χ2n) is 7.74. The van der Waals surface area contributed by atoms with Gasteiger partial charge in [-0.1, -0.05) is 30.3 Å². The second-order valence-corrected chi connectivity index (χ2v) is 7.74. The van der Waals surface area contributed by atoms with Crippen LogP contribution in [0.15, 0.2) is 66.7 Å². The number of methoxy groups -OCH3 is 2. The molecule has 0 spiro atoms. The maximum Gasteiger partial charge on any atom is 0.231 e. The maximum absolute atomic E-state index is 12.9. The summed E-state index contributed by atoms with van der Waals surface area (Å²) in [6, 6.07) is 21.3. The number of nitrogens with one attached hydrogen (secondary N) is 1. The Morgan fingerprint density at radius 2 is 1.56 bits per heavy atom. The van der Waals surface area contributed by atoms with Gasteiger partial charge in [0.1, 0.15) is 11.5 Å². The van der Waals surface area contributed by atoms with Crippen molar-refractivity contribution in [2.45, 2.75) is 25.3 Å². The van der Waals surface area contributed by atoms with Crippen molar-refractivity contribution >= 4 is 5.91 Å². The molecule has 1 atom stereocenters. The van der Waals surface area contributed by atoms with Gasteiger partial charge in [-0.25, -0.2) is 0 Å². The van der Waals surface area contributed by atoms with E-state index in [2.05, 4.69) is 5.32 Å². The van der Waals surface area contributed by atoms with Gasteiger partial charge in [0.25, 0.3) is 0 Å². The zero-order chi connectivity index (χ0) is 22.3. The summed E-state index contributed by atoms with van der Waals surface area (Å²) in [4.78, 5) is 12.9. The normalized spacial score (nSPS) is 12.8. The third-order valence-electron chi connectivity index (χ3n) is 5.42. The molecule has 0 fully saturated rings. The lowest BCUT2D eigenvalue weighted by molar-refractivity contribution is -0.121. The highest BCUT2D eigenvalue weighted by Gasteiger charge is 2.18. The summed E-state index contributed by atoms with van der Waals surface area (Å²) < 4.78 is 21.4. The van der Waals surface area contributed by atoms with Gasteiger partial charge in [0.15, 0.2) is 11.5 Å². The molecule has 3 aromatic carbocycles. The molecule has 3 aromatic rings. The largest absolute Gasteiger partial charge is 0.497 e. The van der Waals surface area contributed by atoms with Crippen LogP contribution in [0, 0.1) is 0 Å². The molecule has 32 heavy (non-hydrogen) atoms. The first kappa shape index (κ1) is 21.6. The van der Waals surface area contributed by atoms with Crippen LogP contribution in [0.25, 0.3) is 0 Å². The lowest BCUT2D eigenvalue weighted by Crippen LogP contribution is -2.39. The van der Waals surface area contributed by atoms with E-state index in [4.69, 9.17) is 18.9 Å². The fourth-order valence-electron chi connectivity index (χ4n) is 3.82. The van der Waals surface area contributed by atoms with E-state index in [-0.39, 0.29) is 25.2 Å². The molecule has 1 N–H and O–H groups in total. The van der Waals surface area contributed by atoms with Crippen molar-refractivity contribution in [2.24, 2.45) is 0 Å². The summed E-state index contributed by atoms with van der Waals surface area (Å²) in [5.74, 6) is 3.02. The summed E-state index contributed by atoms with van der Waals surface area (Å²) in [5.41, 5.74) is 3.11. The number of fused-ring (bicyclic) bond motifs is 1. The number of amides is 1. The predicted molar refractivity (Wildman–Crippen MR) is 122 cm³/mol. The van der Waals surface area contributed by atoms with E-state index in [0.717, 1.165) is 39.7 Å². The minimum atomic E-state index is -0.0816. The van der Waals surface area contributed by atoms with Gasteiger partial charge < -0.3 is 24.3 Å². The van der Waals surface area contributed by atoms with Crippen LogP contribution in [-0.4, -0.2) is 33.0 Å². The van der Waals surface area contributed by atoms with E-state index in [1.54, 1.807) is 14.2 Å². The average molecular weight is 434 g/mol. The van der Waals surface area contributed by atoms with Gasteiger partial charge in [-0.2, -0.15) is 0 Å². The minimum absolute atomic E-state index is 0.0301. The smallest absolute Gasteiger partial charge is 0.231 e. The van der Waals surface area contributed by atoms with Gasteiger partial charge in [-0.05, 0) is 65.9 Å². The van der Waals surface area contributed by atoms with E-state index in [0.29, 0.717) is 12.8 Å². The highest BCUT2D eigenvalue weighted by molar-refractivity contribution is 5.79. The topological polar surface area (TPSA) is 66.0 Å². The summed E-state index contributed by atoms with van der Waals surface area (Å²) >= 11 is 0. The third-order valence-corrected chi connectivity index (χ3v) is 5.42. The standard InChI is InChI=1S/C26H27NO5/c1-29-22-9-6-18(7-10-22)12-21(13-20-8-11-24-25(15-20)32-17-31-24)27-26(28)16-19-4-3-5-23(14-19)30-2/h3-11,14-15,21H,12-13,16-17H2,1-2H3,(H,27,28). The molecule has 0 bridgehead atoms. The van der Waals surface area contributed by atoms with Crippen molar-refractivity contribution in [3.05, 3.63) is 83.4 Å². The van der Waals surface area contributed by atoms with Crippen LogP contribution < -0.4 is 24.3 Å². The molecule has 1 unspecified atom stereocenters. The molecule has 0 saturated heterocycles. The Bertz CT molecular complexity index is 1060. The molecule has 0 radical (unpaired) electrons. The van der Waals surface area contributed by atoms with Gasteiger partial charge in [0.05, 0.1) is 20.6 Å². The number of hydrogen-bond donors (Lipinski definition) is 1. The summed E-state index contributed by atoms with van der Waals surface area (Å²) in [5, 5.41) is 3.21. The number of carbonyl (C=O) groups excluding carboxylic acids is 1. The number of hydrogen-bond acceptors (Lipinski definition) is 5. The van der Waals surface area contributed by atoms with Crippen LogP contribution in [0.3, 0.4) is 0 Å². The molecule has 6 heteroatoms. The van der Waals surface area contributed by atoms with Crippen LogP contribution in [0.4, 0.5) is 0 Å². The molecule has 1 aliphatic heterocycles. The average Bonchev–Trinajstić information content (AvgIpc) is 3.27. The quantitative estimate of drug-likeness (QED) is 0.554. The molecule has 1 aliphatic rings. The number of benzene rings is 3. The maximum atomic E-state index is 12.9. The monoisotopic (exact) mass is 433 g/mol. The molecular weight excluding hydrogens is 406 g/mol. The molecule has 0 aromatic heterocycles. The molecule has 0 saturated carbocycles. The lowest BCUT2D eigenvalue weighted by atomic mass is 9.98. The number of ether oxygens (including phenoxy) is 4. The van der Waals surface area contributed by atoms with E-state index >= 15 is 0 Å². The molecule has 0 aliphatic carbocycles. The van der Waals surface area contributed by atoms with E-state index in [9.17, 15) is 4.79 Å². The van der Waals surface area contributed by atoms with Crippen LogP contribution in [0.1, 0.15) is 16.7 Å². The Kier molecular flexibility index (Phi) is 6.80. The van der Waals surface area contributed by atoms with Crippen molar-refractivity contribution in [3.63, 3.8) is 0 Å². The van der Waals surface area contributed by atoms with Gasteiger partial charge in [0.2, 0.25) is 12.7 Å². The van der Waals surface area contributed by atoms with Crippen molar-refractivity contribution in [1.29, 1.82) is 0 Å². The van der Waals surface area contributed by atoms with Crippen molar-refractivity contribution < 1.29 is 23.7 Å². The van der Waals surface area contributed by atoms with Gasteiger partial charge >= 0.3 is 0 Å². The summed E-state index contributed by atoms with van der Waals surface area (Å²) in [7, 11) is 3.27. The van der Waals surface area contributed by atoms with Crippen LogP contribution in [0.2, 0.25) is 0 Å². The predicted octanol–water partition coefficient (Wildman–Crippen LogP) is 3.95. The van der Waals surface area contributed by atoms with E-state index in [1.165, 1.54) is 0 Å². The van der Waals surface area contributed by atoms with E-state index in [1.807, 2.05) is 66.7 Å². The van der Waals surface area contributed by atoms with Crippen molar-refractivity contribution in [2.75, 3.05) is 21.0 Å².